The molecule has 1 saturated heterocycles. The predicted molar refractivity (Wildman–Crippen MR) is 60.2 cm³/mol. The van der Waals surface area contributed by atoms with Gasteiger partial charge in [-0.1, -0.05) is 6.58 Å². The molecule has 0 saturated carbocycles. The fourth-order valence-corrected chi connectivity index (χ4v) is 1.70. The summed E-state index contributed by atoms with van der Waals surface area (Å²) in [6, 6.07) is 5.96. The van der Waals surface area contributed by atoms with E-state index in [1.165, 1.54) is 12.1 Å². The quantitative estimate of drug-likeness (QED) is 0.734. The van der Waals surface area contributed by atoms with Crippen LogP contribution in [0.15, 0.2) is 36.4 Å². The Hall–Kier alpha value is -1.84. The second-order valence-electron chi connectivity index (χ2n) is 4.29. The molecule has 84 valence electrons. The summed E-state index contributed by atoms with van der Waals surface area (Å²) in [5.41, 5.74) is 3.43. The van der Waals surface area contributed by atoms with Gasteiger partial charge < -0.3 is 0 Å². The minimum Gasteiger partial charge on any atom is -0.275 e. The highest BCUT2D eigenvalue weighted by atomic mass is 19.1. The van der Waals surface area contributed by atoms with Crippen molar-refractivity contribution in [2.45, 2.75) is 19.4 Å². The van der Waals surface area contributed by atoms with Gasteiger partial charge in [-0.15, -0.1) is 0 Å². The van der Waals surface area contributed by atoms with Crippen molar-refractivity contribution in [2.75, 3.05) is 5.01 Å². The van der Waals surface area contributed by atoms with Gasteiger partial charge in [-0.05, 0) is 38.1 Å². The zero-order valence-corrected chi connectivity index (χ0v) is 9.25. The van der Waals surface area contributed by atoms with Crippen molar-refractivity contribution in [2.24, 2.45) is 0 Å². The lowest BCUT2D eigenvalue weighted by atomic mass is 9.96. The van der Waals surface area contributed by atoms with Gasteiger partial charge in [0, 0.05) is 5.57 Å². The Labute approximate surface area is 93.5 Å². The molecule has 2 rings (SSSR count). The highest BCUT2D eigenvalue weighted by Gasteiger charge is 2.41. The Balaban J connectivity index is 2.39. The molecule has 1 aromatic rings. The summed E-state index contributed by atoms with van der Waals surface area (Å²) in [7, 11) is 0. The van der Waals surface area contributed by atoms with Gasteiger partial charge in [0.05, 0.1) is 11.2 Å². The van der Waals surface area contributed by atoms with Gasteiger partial charge in [0.25, 0.3) is 5.91 Å². The second-order valence-corrected chi connectivity index (χ2v) is 4.29. The summed E-state index contributed by atoms with van der Waals surface area (Å²) in [6.45, 7) is 7.52. The van der Waals surface area contributed by atoms with Gasteiger partial charge in [0.2, 0.25) is 0 Å². The van der Waals surface area contributed by atoms with Gasteiger partial charge >= 0.3 is 0 Å². The lowest BCUT2D eigenvalue weighted by Crippen LogP contribution is -2.44. The summed E-state index contributed by atoms with van der Waals surface area (Å²) in [5, 5.41) is 1.69. The standard InChI is InChI=1S/C12H13FN2O/c1-8-11(16)14-15(12(8,2)3)10-6-4-9(13)5-7-10/h4-7H,1H2,2-3H3,(H,14,16). The molecule has 1 aliphatic rings. The third-order valence-electron chi connectivity index (χ3n) is 2.87. The van der Waals surface area contributed by atoms with Crippen LogP contribution in [0.4, 0.5) is 10.1 Å². The van der Waals surface area contributed by atoms with Crippen LogP contribution in [0.2, 0.25) is 0 Å². The van der Waals surface area contributed by atoms with Crippen molar-refractivity contribution < 1.29 is 9.18 Å². The van der Waals surface area contributed by atoms with E-state index in [9.17, 15) is 9.18 Å². The van der Waals surface area contributed by atoms with Crippen molar-refractivity contribution in [3.63, 3.8) is 0 Å². The van der Waals surface area contributed by atoms with Crippen molar-refractivity contribution in [3.8, 4) is 0 Å². The number of hydrazine groups is 1. The highest BCUT2D eigenvalue weighted by Crippen LogP contribution is 2.32. The maximum absolute atomic E-state index is 12.8. The number of halogens is 1. The second kappa shape index (κ2) is 3.33. The average Bonchev–Trinajstić information content (AvgIpc) is 2.44. The number of benzene rings is 1. The number of carbonyl (C=O) groups is 1. The number of rotatable bonds is 1. The minimum absolute atomic E-state index is 0.200. The molecule has 1 fully saturated rings. The normalized spacial score (nSPS) is 18.8. The number of nitrogens with zero attached hydrogens (tertiary/aromatic N) is 1. The van der Waals surface area contributed by atoms with Gasteiger partial charge in [0.15, 0.2) is 0 Å². The number of carbonyl (C=O) groups excluding carboxylic acids is 1. The fraction of sp³-hybridized carbons (Fsp3) is 0.250. The number of nitrogens with one attached hydrogen (secondary N) is 1. The Morgan fingerprint density at radius 2 is 1.88 bits per heavy atom. The van der Waals surface area contributed by atoms with Gasteiger partial charge in [-0.25, -0.2) is 4.39 Å². The molecule has 0 radical (unpaired) electrons. The zero-order valence-electron chi connectivity index (χ0n) is 9.25. The zero-order chi connectivity index (χ0) is 11.9. The minimum atomic E-state index is -0.505. The first-order valence-electron chi connectivity index (χ1n) is 4.99. The van der Waals surface area contributed by atoms with E-state index in [0.717, 1.165) is 5.69 Å². The van der Waals surface area contributed by atoms with Gasteiger partial charge in [-0.3, -0.25) is 15.2 Å². The maximum atomic E-state index is 12.8. The van der Waals surface area contributed by atoms with Crippen LogP contribution in [0.25, 0.3) is 0 Å². The predicted octanol–water partition coefficient (Wildman–Crippen LogP) is 2.01. The molecule has 1 aromatic carbocycles. The van der Waals surface area contributed by atoms with Crippen LogP contribution in [0.1, 0.15) is 13.8 Å². The Bertz CT molecular complexity index is 451. The highest BCUT2D eigenvalue weighted by molar-refractivity contribution is 6.00. The Morgan fingerprint density at radius 3 is 2.31 bits per heavy atom. The molecule has 0 bridgehead atoms. The number of hydrogen-bond donors (Lipinski definition) is 1. The summed E-state index contributed by atoms with van der Waals surface area (Å²) in [4.78, 5) is 11.5. The molecule has 1 heterocycles. The molecular weight excluding hydrogens is 207 g/mol. The van der Waals surface area contributed by atoms with Crippen molar-refractivity contribution in [3.05, 3.63) is 42.2 Å². The maximum Gasteiger partial charge on any atom is 0.267 e. The molecule has 0 aliphatic carbocycles. The summed E-state index contributed by atoms with van der Waals surface area (Å²) in [6.07, 6.45) is 0. The van der Waals surface area contributed by atoms with E-state index in [1.54, 1.807) is 17.1 Å². The van der Waals surface area contributed by atoms with Crippen molar-refractivity contribution >= 4 is 11.6 Å². The van der Waals surface area contributed by atoms with Crippen LogP contribution in [-0.2, 0) is 4.79 Å². The van der Waals surface area contributed by atoms with Crippen LogP contribution in [0, 0.1) is 5.82 Å². The van der Waals surface area contributed by atoms with E-state index in [4.69, 9.17) is 0 Å². The number of anilines is 1. The molecule has 0 atom stereocenters. The monoisotopic (exact) mass is 220 g/mol. The van der Waals surface area contributed by atoms with E-state index in [2.05, 4.69) is 12.0 Å². The molecule has 1 amide bonds. The number of hydrogen-bond acceptors (Lipinski definition) is 2. The molecule has 0 spiro atoms. The van der Waals surface area contributed by atoms with E-state index in [0.29, 0.717) is 5.57 Å². The molecular formula is C12H13FN2O. The van der Waals surface area contributed by atoms with Gasteiger partial charge in [-0.2, -0.15) is 0 Å². The molecule has 3 nitrogen and oxygen atoms in total. The van der Waals surface area contributed by atoms with Crippen molar-refractivity contribution in [1.82, 2.24) is 5.43 Å². The Kier molecular flexibility index (Phi) is 2.22. The Morgan fingerprint density at radius 1 is 1.31 bits per heavy atom. The van der Waals surface area contributed by atoms with Crippen LogP contribution in [0.5, 0.6) is 0 Å². The summed E-state index contributed by atoms with van der Waals surface area (Å²) < 4.78 is 12.8. The largest absolute Gasteiger partial charge is 0.275 e. The lowest BCUT2D eigenvalue weighted by Gasteiger charge is -2.31. The van der Waals surface area contributed by atoms with E-state index in [-0.39, 0.29) is 11.7 Å². The van der Waals surface area contributed by atoms with E-state index >= 15 is 0 Å². The first kappa shape index (κ1) is 10.7. The molecule has 4 heteroatoms. The lowest BCUT2D eigenvalue weighted by molar-refractivity contribution is -0.116. The number of amides is 1. The van der Waals surface area contributed by atoms with Crippen LogP contribution >= 0.6 is 0 Å². The van der Waals surface area contributed by atoms with Crippen LogP contribution in [-0.4, -0.2) is 11.4 Å². The van der Waals surface area contributed by atoms with E-state index < -0.39 is 5.54 Å². The van der Waals surface area contributed by atoms with Crippen LogP contribution in [0.3, 0.4) is 0 Å². The summed E-state index contributed by atoms with van der Waals surface area (Å²) >= 11 is 0. The smallest absolute Gasteiger partial charge is 0.267 e. The molecule has 1 N–H and O–H groups in total. The molecule has 1 aliphatic heterocycles. The molecule has 16 heavy (non-hydrogen) atoms. The third kappa shape index (κ3) is 1.46. The first-order chi connectivity index (χ1) is 7.43. The van der Waals surface area contributed by atoms with E-state index in [1.807, 2.05) is 13.8 Å². The van der Waals surface area contributed by atoms with Crippen LogP contribution < -0.4 is 10.4 Å². The summed E-state index contributed by atoms with van der Waals surface area (Å²) in [5.74, 6) is -0.500. The third-order valence-corrected chi connectivity index (χ3v) is 2.87. The SMILES string of the molecule is C=C1C(=O)NN(c2ccc(F)cc2)C1(C)C. The van der Waals surface area contributed by atoms with Crippen molar-refractivity contribution in [1.29, 1.82) is 0 Å². The first-order valence-corrected chi connectivity index (χ1v) is 4.99. The fourth-order valence-electron chi connectivity index (χ4n) is 1.70. The molecule has 0 aromatic heterocycles. The van der Waals surface area contributed by atoms with Gasteiger partial charge in [0.1, 0.15) is 5.82 Å². The molecule has 0 unspecified atom stereocenters. The topological polar surface area (TPSA) is 32.3 Å². The average molecular weight is 220 g/mol.